The van der Waals surface area contributed by atoms with Gasteiger partial charge in [-0.15, -0.1) is 11.8 Å². The monoisotopic (exact) mass is 302 g/mol. The van der Waals surface area contributed by atoms with Gasteiger partial charge in [-0.05, 0) is 18.2 Å². The minimum Gasteiger partial charge on any atom is -0.481 e. The molecule has 0 aliphatic rings. The molecule has 0 aliphatic heterocycles. The molecule has 0 radical (unpaired) electrons. The van der Waals surface area contributed by atoms with Crippen LogP contribution in [0.15, 0.2) is 18.2 Å². The zero-order chi connectivity index (χ0) is 14.4. The molecule has 1 aromatic rings. The van der Waals surface area contributed by atoms with Gasteiger partial charge in [-0.25, -0.2) is 0 Å². The van der Waals surface area contributed by atoms with Crippen LogP contribution in [0.25, 0.3) is 0 Å². The van der Waals surface area contributed by atoms with Crippen LogP contribution in [0.4, 0.5) is 5.69 Å². The lowest BCUT2D eigenvalue weighted by Gasteiger charge is -2.07. The summed E-state index contributed by atoms with van der Waals surface area (Å²) in [4.78, 5) is 32.8. The first-order valence-electron chi connectivity index (χ1n) is 5.09. The molecule has 1 aromatic carbocycles. The van der Waals surface area contributed by atoms with E-state index >= 15 is 0 Å². The maximum absolute atomic E-state index is 11.5. The molecule has 0 atom stereocenters. The van der Waals surface area contributed by atoms with Gasteiger partial charge in [0.1, 0.15) is 0 Å². The predicted molar refractivity (Wildman–Crippen MR) is 73.6 cm³/mol. The Kier molecular flexibility index (Phi) is 5.65. The van der Waals surface area contributed by atoms with Gasteiger partial charge in [0, 0.05) is 5.69 Å². The first kappa shape index (κ1) is 15.3. The third-order valence-corrected chi connectivity index (χ3v) is 3.22. The third-order valence-electron chi connectivity index (χ3n) is 1.97. The quantitative estimate of drug-likeness (QED) is 0.731. The minimum absolute atomic E-state index is 0.000825. The maximum atomic E-state index is 11.5. The van der Waals surface area contributed by atoms with Crippen molar-refractivity contribution in [3.8, 4) is 0 Å². The Morgan fingerprint density at radius 3 is 2.58 bits per heavy atom. The third kappa shape index (κ3) is 5.19. The van der Waals surface area contributed by atoms with E-state index in [1.54, 1.807) is 0 Å². The molecule has 1 rings (SSSR count). The van der Waals surface area contributed by atoms with Crippen LogP contribution in [0.5, 0.6) is 0 Å². The van der Waals surface area contributed by atoms with E-state index in [-0.39, 0.29) is 28.0 Å². The van der Waals surface area contributed by atoms with E-state index in [9.17, 15) is 14.4 Å². The maximum Gasteiger partial charge on any atom is 0.313 e. The summed E-state index contributed by atoms with van der Waals surface area (Å²) in [5.41, 5.74) is 5.61. The standard InChI is InChI=1S/C11H11ClN2O4S/c12-8-2-1-6(3-7(8)11(13)18)14-9(15)4-19-5-10(16)17/h1-3H,4-5H2,(H2,13,18)(H,14,15)(H,16,17). The molecule has 0 heterocycles. The van der Waals surface area contributed by atoms with Crippen LogP contribution in [0.2, 0.25) is 5.02 Å². The average Bonchev–Trinajstić information content (AvgIpc) is 2.30. The molecule has 0 fully saturated rings. The molecule has 19 heavy (non-hydrogen) atoms. The van der Waals surface area contributed by atoms with E-state index in [2.05, 4.69) is 5.32 Å². The van der Waals surface area contributed by atoms with Gasteiger partial charge in [0.15, 0.2) is 0 Å². The molecule has 0 aliphatic carbocycles. The summed E-state index contributed by atoms with van der Waals surface area (Å²) in [7, 11) is 0. The van der Waals surface area contributed by atoms with Crippen LogP contribution in [0.1, 0.15) is 10.4 Å². The topological polar surface area (TPSA) is 109 Å². The van der Waals surface area contributed by atoms with E-state index in [1.165, 1.54) is 18.2 Å². The molecule has 0 spiro atoms. The number of carbonyl (C=O) groups is 3. The Morgan fingerprint density at radius 2 is 2.00 bits per heavy atom. The second-order valence-electron chi connectivity index (χ2n) is 3.49. The summed E-state index contributed by atoms with van der Waals surface area (Å²) >= 11 is 6.74. The van der Waals surface area contributed by atoms with Crippen LogP contribution in [-0.2, 0) is 9.59 Å². The Hall–Kier alpha value is -1.73. The van der Waals surface area contributed by atoms with Crippen LogP contribution in [0.3, 0.4) is 0 Å². The molecule has 102 valence electrons. The van der Waals surface area contributed by atoms with Gasteiger partial charge in [-0.2, -0.15) is 0 Å². The zero-order valence-corrected chi connectivity index (χ0v) is 11.3. The Morgan fingerprint density at radius 1 is 1.32 bits per heavy atom. The fourth-order valence-electron chi connectivity index (χ4n) is 1.22. The predicted octanol–water partition coefficient (Wildman–Crippen LogP) is 1.20. The summed E-state index contributed by atoms with van der Waals surface area (Å²) < 4.78 is 0. The molecular weight excluding hydrogens is 292 g/mol. The number of nitrogens with two attached hydrogens (primary N) is 1. The van der Waals surface area contributed by atoms with Crippen LogP contribution in [0, 0.1) is 0 Å². The van der Waals surface area contributed by atoms with Gasteiger partial charge >= 0.3 is 5.97 Å². The normalized spacial score (nSPS) is 9.95. The van der Waals surface area contributed by atoms with Crippen molar-refractivity contribution in [2.24, 2.45) is 5.73 Å². The Balaban J connectivity index is 2.62. The van der Waals surface area contributed by atoms with E-state index < -0.39 is 11.9 Å². The van der Waals surface area contributed by atoms with Crippen molar-refractivity contribution in [3.05, 3.63) is 28.8 Å². The molecular formula is C11H11ClN2O4S. The Bertz CT molecular complexity index is 521. The van der Waals surface area contributed by atoms with Crippen LogP contribution >= 0.6 is 23.4 Å². The van der Waals surface area contributed by atoms with Crippen molar-refractivity contribution in [3.63, 3.8) is 0 Å². The summed E-state index contributed by atoms with van der Waals surface area (Å²) in [6.07, 6.45) is 0. The van der Waals surface area contributed by atoms with Gasteiger partial charge in [0.05, 0.1) is 22.1 Å². The second-order valence-corrected chi connectivity index (χ2v) is 4.89. The molecule has 6 nitrogen and oxygen atoms in total. The number of aliphatic carboxylic acids is 1. The number of amides is 2. The number of carboxylic acids is 1. The molecule has 0 unspecified atom stereocenters. The molecule has 0 aromatic heterocycles. The lowest BCUT2D eigenvalue weighted by atomic mass is 10.2. The van der Waals surface area contributed by atoms with E-state index in [1.807, 2.05) is 0 Å². The number of hydrogen-bond acceptors (Lipinski definition) is 4. The summed E-state index contributed by atoms with van der Waals surface area (Å²) in [6.45, 7) is 0. The summed E-state index contributed by atoms with van der Waals surface area (Å²) in [6, 6.07) is 4.33. The second kappa shape index (κ2) is 7.01. The van der Waals surface area contributed by atoms with E-state index in [0.29, 0.717) is 5.69 Å². The smallest absolute Gasteiger partial charge is 0.313 e. The van der Waals surface area contributed by atoms with Crippen molar-refractivity contribution >= 4 is 46.8 Å². The molecule has 8 heteroatoms. The average molecular weight is 303 g/mol. The van der Waals surface area contributed by atoms with Gasteiger partial charge < -0.3 is 16.2 Å². The van der Waals surface area contributed by atoms with Gasteiger partial charge in [-0.1, -0.05) is 11.6 Å². The Labute approximate surface area is 118 Å². The van der Waals surface area contributed by atoms with Crippen molar-refractivity contribution in [2.45, 2.75) is 0 Å². The number of anilines is 1. The first-order chi connectivity index (χ1) is 8.90. The number of nitrogens with one attached hydrogen (secondary N) is 1. The van der Waals surface area contributed by atoms with Gasteiger partial charge in [0.2, 0.25) is 11.8 Å². The van der Waals surface area contributed by atoms with Crippen molar-refractivity contribution in [1.82, 2.24) is 0 Å². The highest BCUT2D eigenvalue weighted by atomic mass is 35.5. The SMILES string of the molecule is NC(=O)c1cc(NC(=O)CSCC(=O)O)ccc1Cl. The number of primary amides is 1. The number of benzene rings is 1. The highest BCUT2D eigenvalue weighted by Crippen LogP contribution is 2.20. The number of halogens is 1. The number of thioether (sulfide) groups is 1. The number of carboxylic acid groups (broad SMARTS) is 1. The first-order valence-corrected chi connectivity index (χ1v) is 6.62. The van der Waals surface area contributed by atoms with Crippen molar-refractivity contribution < 1.29 is 19.5 Å². The highest BCUT2D eigenvalue weighted by Gasteiger charge is 2.10. The van der Waals surface area contributed by atoms with E-state index in [4.69, 9.17) is 22.4 Å². The molecule has 0 saturated heterocycles. The molecule has 0 bridgehead atoms. The van der Waals surface area contributed by atoms with Crippen molar-refractivity contribution in [2.75, 3.05) is 16.8 Å². The lowest BCUT2D eigenvalue weighted by molar-refractivity contribution is -0.133. The largest absolute Gasteiger partial charge is 0.481 e. The van der Waals surface area contributed by atoms with E-state index in [0.717, 1.165) is 11.8 Å². The fraction of sp³-hybridized carbons (Fsp3) is 0.182. The van der Waals surface area contributed by atoms with Crippen molar-refractivity contribution in [1.29, 1.82) is 0 Å². The molecule has 0 saturated carbocycles. The fourth-order valence-corrected chi connectivity index (χ4v) is 1.96. The molecule has 2 amide bonds. The number of rotatable bonds is 6. The van der Waals surface area contributed by atoms with Crippen LogP contribution < -0.4 is 11.1 Å². The summed E-state index contributed by atoms with van der Waals surface area (Å²) in [5, 5.41) is 11.1. The number of carbonyl (C=O) groups excluding carboxylic acids is 2. The van der Waals surface area contributed by atoms with Gasteiger partial charge in [0.25, 0.3) is 0 Å². The van der Waals surface area contributed by atoms with Gasteiger partial charge in [-0.3, -0.25) is 14.4 Å². The lowest BCUT2D eigenvalue weighted by Crippen LogP contribution is -2.17. The number of hydrogen-bond donors (Lipinski definition) is 3. The minimum atomic E-state index is -0.986. The highest BCUT2D eigenvalue weighted by molar-refractivity contribution is 8.00. The van der Waals surface area contributed by atoms with Crippen LogP contribution in [-0.4, -0.2) is 34.4 Å². The zero-order valence-electron chi connectivity index (χ0n) is 9.68. The summed E-state index contributed by atoms with van der Waals surface area (Å²) in [5.74, 6) is -2.20. The molecule has 4 N–H and O–H groups in total.